The molecule has 5 nitrogen and oxygen atoms in total. The van der Waals surface area contributed by atoms with Crippen molar-refractivity contribution in [3.8, 4) is 5.75 Å². The second-order valence-electron chi connectivity index (χ2n) is 4.59. The molecule has 1 aromatic carbocycles. The van der Waals surface area contributed by atoms with E-state index in [1.807, 2.05) is 18.2 Å². The van der Waals surface area contributed by atoms with Crippen molar-refractivity contribution >= 4 is 16.8 Å². The predicted molar refractivity (Wildman–Crippen MR) is 69.2 cm³/mol. The maximum Gasteiger partial charge on any atom is 0.324 e. The van der Waals surface area contributed by atoms with Gasteiger partial charge in [-0.15, -0.1) is 0 Å². The van der Waals surface area contributed by atoms with Gasteiger partial charge < -0.3 is 14.2 Å². The van der Waals surface area contributed by atoms with Crippen LogP contribution in [0.4, 0.5) is 0 Å². The molecule has 0 bridgehead atoms. The standard InChI is InChI=1S/C14H15NO4/c1-10(16)15-6-5-11-9-12(3-4-13(11)15)19-14(2)17-7-8-18-14/h3-6,9H,7-8H2,1-2H3. The zero-order valence-electron chi connectivity index (χ0n) is 10.9. The summed E-state index contributed by atoms with van der Waals surface area (Å²) >= 11 is 0. The van der Waals surface area contributed by atoms with Crippen molar-refractivity contribution in [1.29, 1.82) is 0 Å². The molecule has 5 heteroatoms. The molecule has 2 heterocycles. The van der Waals surface area contributed by atoms with Crippen molar-refractivity contribution in [1.82, 2.24) is 4.57 Å². The molecular weight excluding hydrogens is 246 g/mol. The molecule has 3 rings (SSSR count). The Labute approximate surface area is 110 Å². The molecule has 0 amide bonds. The zero-order chi connectivity index (χ0) is 13.5. The summed E-state index contributed by atoms with van der Waals surface area (Å²) < 4.78 is 18.1. The van der Waals surface area contributed by atoms with E-state index in [0.717, 1.165) is 10.9 Å². The number of hydrogen-bond donors (Lipinski definition) is 0. The van der Waals surface area contributed by atoms with Crippen LogP contribution in [0.1, 0.15) is 18.6 Å². The van der Waals surface area contributed by atoms with Crippen LogP contribution in [0.3, 0.4) is 0 Å². The molecule has 0 radical (unpaired) electrons. The molecule has 0 saturated carbocycles. The normalized spacial score (nSPS) is 17.8. The number of fused-ring (bicyclic) bond motifs is 1. The van der Waals surface area contributed by atoms with Gasteiger partial charge >= 0.3 is 5.97 Å². The highest BCUT2D eigenvalue weighted by atomic mass is 16.9. The highest BCUT2D eigenvalue weighted by Gasteiger charge is 2.33. The smallest absolute Gasteiger partial charge is 0.324 e. The highest BCUT2D eigenvalue weighted by Crippen LogP contribution is 2.27. The van der Waals surface area contributed by atoms with Crippen LogP contribution in [-0.2, 0) is 9.47 Å². The molecule has 1 aromatic heterocycles. The van der Waals surface area contributed by atoms with E-state index >= 15 is 0 Å². The lowest BCUT2D eigenvalue weighted by molar-refractivity contribution is -0.272. The van der Waals surface area contributed by atoms with E-state index in [0.29, 0.717) is 19.0 Å². The van der Waals surface area contributed by atoms with Gasteiger partial charge in [0.1, 0.15) is 5.75 Å². The average Bonchev–Trinajstić information content (AvgIpc) is 2.95. The molecule has 1 aliphatic heterocycles. The Balaban J connectivity index is 1.92. The number of ether oxygens (including phenoxy) is 3. The van der Waals surface area contributed by atoms with Crippen LogP contribution in [0.2, 0.25) is 0 Å². The molecule has 0 atom stereocenters. The maximum atomic E-state index is 11.4. The minimum absolute atomic E-state index is 0.0157. The Morgan fingerprint density at radius 3 is 2.74 bits per heavy atom. The van der Waals surface area contributed by atoms with Gasteiger partial charge in [0.2, 0.25) is 5.91 Å². The lowest BCUT2D eigenvalue weighted by Gasteiger charge is -2.23. The zero-order valence-corrected chi connectivity index (χ0v) is 10.9. The van der Waals surface area contributed by atoms with Gasteiger partial charge in [0, 0.05) is 25.4 Å². The molecule has 0 N–H and O–H groups in total. The molecule has 1 aliphatic rings. The number of nitrogens with zero attached hydrogens (tertiary/aromatic N) is 1. The Hall–Kier alpha value is -1.85. The summed E-state index contributed by atoms with van der Waals surface area (Å²) in [6, 6.07) is 7.40. The van der Waals surface area contributed by atoms with Crippen molar-refractivity contribution in [2.45, 2.75) is 19.8 Å². The number of benzene rings is 1. The largest absolute Gasteiger partial charge is 0.439 e. The quantitative estimate of drug-likeness (QED) is 0.833. The number of hydrogen-bond acceptors (Lipinski definition) is 4. The summed E-state index contributed by atoms with van der Waals surface area (Å²) in [5.41, 5.74) is 0.860. The lowest BCUT2D eigenvalue weighted by atomic mass is 10.2. The summed E-state index contributed by atoms with van der Waals surface area (Å²) in [5, 5.41) is 0.939. The van der Waals surface area contributed by atoms with E-state index in [1.54, 1.807) is 23.8 Å². The fourth-order valence-corrected chi connectivity index (χ4v) is 2.23. The molecule has 1 fully saturated rings. The van der Waals surface area contributed by atoms with Crippen LogP contribution < -0.4 is 4.74 Å². The first-order chi connectivity index (χ1) is 9.07. The molecule has 2 aromatic rings. The first-order valence-electron chi connectivity index (χ1n) is 6.16. The first kappa shape index (κ1) is 12.2. The number of rotatable bonds is 2. The van der Waals surface area contributed by atoms with Crippen LogP contribution in [0.15, 0.2) is 30.5 Å². The molecule has 0 aliphatic carbocycles. The third-order valence-corrected chi connectivity index (χ3v) is 3.12. The lowest BCUT2D eigenvalue weighted by Crippen LogP contribution is -2.33. The monoisotopic (exact) mass is 261 g/mol. The SMILES string of the molecule is CC(=O)n1ccc2cc(OC3(C)OCCO3)ccc21. The van der Waals surface area contributed by atoms with Gasteiger partial charge in [-0.2, -0.15) is 0 Å². The molecule has 100 valence electrons. The second-order valence-corrected chi connectivity index (χ2v) is 4.59. The third-order valence-electron chi connectivity index (χ3n) is 3.12. The van der Waals surface area contributed by atoms with Crippen molar-refractivity contribution in [3.05, 3.63) is 30.5 Å². The summed E-state index contributed by atoms with van der Waals surface area (Å²) in [5.74, 6) is -0.382. The van der Waals surface area contributed by atoms with Crippen LogP contribution in [0.5, 0.6) is 5.75 Å². The van der Waals surface area contributed by atoms with E-state index in [-0.39, 0.29) is 5.91 Å². The molecular formula is C14H15NO4. The second kappa shape index (κ2) is 4.36. The van der Waals surface area contributed by atoms with Crippen LogP contribution >= 0.6 is 0 Å². The predicted octanol–water partition coefficient (Wildman–Crippen LogP) is 2.40. The van der Waals surface area contributed by atoms with Crippen molar-refractivity contribution < 1.29 is 19.0 Å². The average molecular weight is 261 g/mol. The summed E-state index contributed by atoms with van der Waals surface area (Å²) in [6.45, 7) is 4.33. The maximum absolute atomic E-state index is 11.4. The Morgan fingerprint density at radius 1 is 1.32 bits per heavy atom. The van der Waals surface area contributed by atoms with E-state index in [4.69, 9.17) is 14.2 Å². The van der Waals surface area contributed by atoms with Crippen LogP contribution in [0.25, 0.3) is 10.9 Å². The van der Waals surface area contributed by atoms with E-state index in [2.05, 4.69) is 0 Å². The summed E-state index contributed by atoms with van der Waals surface area (Å²) in [4.78, 5) is 11.4. The van der Waals surface area contributed by atoms with Crippen molar-refractivity contribution in [2.24, 2.45) is 0 Å². The van der Waals surface area contributed by atoms with Gasteiger partial charge in [-0.25, -0.2) is 0 Å². The van der Waals surface area contributed by atoms with Gasteiger partial charge in [0.15, 0.2) is 0 Å². The number of carbonyl (C=O) groups excluding carboxylic acids is 1. The molecule has 19 heavy (non-hydrogen) atoms. The number of carbonyl (C=O) groups is 1. The van der Waals surface area contributed by atoms with E-state index < -0.39 is 5.97 Å². The topological polar surface area (TPSA) is 49.7 Å². The van der Waals surface area contributed by atoms with Gasteiger partial charge in [0.05, 0.1) is 18.7 Å². The fraction of sp³-hybridized carbons (Fsp3) is 0.357. The van der Waals surface area contributed by atoms with Crippen LogP contribution in [-0.4, -0.2) is 29.7 Å². The minimum atomic E-state index is -1.02. The Bertz CT molecular complexity index is 625. The van der Waals surface area contributed by atoms with Gasteiger partial charge in [-0.3, -0.25) is 9.36 Å². The van der Waals surface area contributed by atoms with E-state index in [1.165, 1.54) is 6.92 Å². The van der Waals surface area contributed by atoms with Gasteiger partial charge in [-0.1, -0.05) is 0 Å². The highest BCUT2D eigenvalue weighted by molar-refractivity contribution is 5.92. The molecule has 0 spiro atoms. The minimum Gasteiger partial charge on any atom is -0.439 e. The van der Waals surface area contributed by atoms with Gasteiger partial charge in [0.25, 0.3) is 0 Å². The summed E-state index contributed by atoms with van der Waals surface area (Å²) in [6.07, 6.45) is 1.75. The molecule has 1 saturated heterocycles. The Kier molecular flexibility index (Phi) is 2.80. The van der Waals surface area contributed by atoms with Crippen molar-refractivity contribution in [2.75, 3.05) is 13.2 Å². The first-order valence-corrected chi connectivity index (χ1v) is 6.16. The van der Waals surface area contributed by atoms with Crippen LogP contribution in [0, 0.1) is 0 Å². The van der Waals surface area contributed by atoms with E-state index in [9.17, 15) is 4.79 Å². The van der Waals surface area contributed by atoms with Gasteiger partial charge in [-0.05, 0) is 24.3 Å². The molecule has 0 unspecified atom stereocenters. The fourth-order valence-electron chi connectivity index (χ4n) is 2.23. The third kappa shape index (κ3) is 2.22. The summed E-state index contributed by atoms with van der Waals surface area (Å²) in [7, 11) is 0. The number of aromatic nitrogens is 1. The van der Waals surface area contributed by atoms with Crippen molar-refractivity contribution in [3.63, 3.8) is 0 Å². The Morgan fingerprint density at radius 2 is 2.05 bits per heavy atom.